The van der Waals surface area contributed by atoms with Gasteiger partial charge in [0.25, 0.3) is 11.8 Å². The average Bonchev–Trinajstić information content (AvgIpc) is 3.57. The van der Waals surface area contributed by atoms with E-state index in [4.69, 9.17) is 15.1 Å². The molecule has 5 rings (SSSR count). The van der Waals surface area contributed by atoms with Gasteiger partial charge in [-0.15, -0.1) is 0 Å². The van der Waals surface area contributed by atoms with Crippen molar-refractivity contribution in [2.24, 2.45) is 5.73 Å². The highest BCUT2D eigenvalue weighted by atomic mass is 16.3. The van der Waals surface area contributed by atoms with Crippen molar-refractivity contribution < 1.29 is 14.0 Å². The maximum atomic E-state index is 13.4. The molecule has 0 atom stereocenters. The van der Waals surface area contributed by atoms with Crippen LogP contribution in [0.3, 0.4) is 0 Å². The number of rotatable bonds is 6. The Labute approximate surface area is 206 Å². The van der Waals surface area contributed by atoms with Crippen molar-refractivity contribution in [3.8, 4) is 16.9 Å². The van der Waals surface area contributed by atoms with Gasteiger partial charge in [-0.3, -0.25) is 9.59 Å². The van der Waals surface area contributed by atoms with Gasteiger partial charge in [0.05, 0.1) is 28.5 Å². The standard InChI is InChI=1S/C26H25N7O3/c1-14(2)33-25-21(13-28-33)20(12-23(30-25)19-11-15(3)36-16(19)4)26(35)29-17-5-7-18(8-6-17)32-10-9-22(31-32)24(27)34/h5-14H,1-4H3,(H2,27,34)(H,29,35). The maximum Gasteiger partial charge on any atom is 0.269 e. The van der Waals surface area contributed by atoms with Crippen molar-refractivity contribution >= 4 is 28.5 Å². The largest absolute Gasteiger partial charge is 0.466 e. The first-order valence-electron chi connectivity index (χ1n) is 11.4. The van der Waals surface area contributed by atoms with Crippen LogP contribution in [-0.2, 0) is 0 Å². The summed E-state index contributed by atoms with van der Waals surface area (Å²) in [6, 6.07) is 12.4. The minimum atomic E-state index is -0.595. The van der Waals surface area contributed by atoms with E-state index in [9.17, 15) is 9.59 Å². The SMILES string of the molecule is Cc1cc(-c2cc(C(=O)Nc3ccc(-n4ccc(C(N)=O)n4)cc3)c3cnn(C(C)C)c3n2)c(C)o1. The Morgan fingerprint density at radius 3 is 2.44 bits per heavy atom. The smallest absolute Gasteiger partial charge is 0.269 e. The monoisotopic (exact) mass is 483 g/mol. The number of anilines is 1. The molecule has 0 aliphatic carbocycles. The molecule has 182 valence electrons. The molecule has 0 aliphatic rings. The molecule has 10 heteroatoms. The number of hydrogen-bond donors (Lipinski definition) is 2. The van der Waals surface area contributed by atoms with Gasteiger partial charge < -0.3 is 15.5 Å². The number of primary amides is 1. The number of fused-ring (bicyclic) bond motifs is 1. The van der Waals surface area contributed by atoms with Gasteiger partial charge in [0.15, 0.2) is 5.65 Å². The summed E-state index contributed by atoms with van der Waals surface area (Å²) >= 11 is 0. The van der Waals surface area contributed by atoms with Crippen molar-refractivity contribution in [3.05, 3.63) is 77.6 Å². The average molecular weight is 484 g/mol. The summed E-state index contributed by atoms with van der Waals surface area (Å²) in [6.45, 7) is 7.78. The third kappa shape index (κ3) is 4.13. The van der Waals surface area contributed by atoms with Crippen LogP contribution >= 0.6 is 0 Å². The Kier molecular flexibility index (Phi) is 5.63. The van der Waals surface area contributed by atoms with Crippen LogP contribution in [0, 0.1) is 13.8 Å². The first-order valence-corrected chi connectivity index (χ1v) is 11.4. The minimum Gasteiger partial charge on any atom is -0.466 e. The Hall–Kier alpha value is -4.73. The van der Waals surface area contributed by atoms with Crippen molar-refractivity contribution in [1.29, 1.82) is 0 Å². The number of aromatic nitrogens is 5. The number of furan rings is 1. The first-order chi connectivity index (χ1) is 17.2. The number of nitrogens with one attached hydrogen (secondary N) is 1. The second-order valence-electron chi connectivity index (χ2n) is 8.81. The summed E-state index contributed by atoms with van der Waals surface area (Å²) in [4.78, 5) is 29.6. The van der Waals surface area contributed by atoms with E-state index >= 15 is 0 Å². The highest BCUT2D eigenvalue weighted by Gasteiger charge is 2.20. The number of amides is 2. The molecule has 0 aliphatic heterocycles. The molecule has 0 saturated heterocycles. The van der Waals surface area contributed by atoms with E-state index in [0.29, 0.717) is 28.0 Å². The maximum absolute atomic E-state index is 13.4. The van der Waals surface area contributed by atoms with Gasteiger partial charge in [0.2, 0.25) is 0 Å². The van der Waals surface area contributed by atoms with E-state index in [1.165, 1.54) is 0 Å². The van der Waals surface area contributed by atoms with E-state index < -0.39 is 5.91 Å². The van der Waals surface area contributed by atoms with Gasteiger partial charge in [-0.05, 0) is 70.2 Å². The molecule has 0 fully saturated rings. The topological polar surface area (TPSA) is 134 Å². The van der Waals surface area contributed by atoms with Crippen LogP contribution in [0.1, 0.15) is 52.3 Å². The highest BCUT2D eigenvalue weighted by Crippen LogP contribution is 2.30. The molecule has 3 N–H and O–H groups in total. The molecule has 4 heterocycles. The molecule has 10 nitrogen and oxygen atoms in total. The normalized spacial score (nSPS) is 11.4. The van der Waals surface area contributed by atoms with Gasteiger partial charge >= 0.3 is 0 Å². The predicted octanol–water partition coefficient (Wildman–Crippen LogP) is 4.43. The van der Waals surface area contributed by atoms with E-state index in [1.807, 2.05) is 33.8 Å². The Morgan fingerprint density at radius 1 is 1.08 bits per heavy atom. The lowest BCUT2D eigenvalue weighted by atomic mass is 10.1. The Morgan fingerprint density at radius 2 is 1.83 bits per heavy atom. The molecule has 2 amide bonds. The van der Waals surface area contributed by atoms with E-state index in [0.717, 1.165) is 22.8 Å². The molecule has 0 bridgehead atoms. The molecular weight excluding hydrogens is 458 g/mol. The first kappa shape index (κ1) is 23.0. The van der Waals surface area contributed by atoms with Gasteiger partial charge in [-0.2, -0.15) is 10.2 Å². The zero-order valence-electron chi connectivity index (χ0n) is 20.3. The van der Waals surface area contributed by atoms with E-state index in [2.05, 4.69) is 15.5 Å². The molecule has 0 spiro atoms. The van der Waals surface area contributed by atoms with Crippen LogP contribution in [-0.4, -0.2) is 36.4 Å². The summed E-state index contributed by atoms with van der Waals surface area (Å²) in [6.07, 6.45) is 3.32. The Bertz CT molecular complexity index is 1610. The molecule has 0 radical (unpaired) electrons. The fraction of sp³-hybridized carbons (Fsp3) is 0.192. The summed E-state index contributed by atoms with van der Waals surface area (Å²) in [7, 11) is 0. The molecule has 36 heavy (non-hydrogen) atoms. The highest BCUT2D eigenvalue weighted by molar-refractivity contribution is 6.12. The number of carbonyl (C=O) groups is 2. The quantitative estimate of drug-likeness (QED) is 0.367. The fourth-order valence-corrected chi connectivity index (χ4v) is 4.10. The van der Waals surface area contributed by atoms with Crippen molar-refractivity contribution in [3.63, 3.8) is 0 Å². The van der Waals surface area contributed by atoms with Gasteiger partial charge in [-0.1, -0.05) is 0 Å². The number of carbonyl (C=O) groups excluding carboxylic acids is 2. The van der Waals surface area contributed by atoms with Crippen LogP contribution in [0.2, 0.25) is 0 Å². The molecule has 4 aromatic heterocycles. The van der Waals surface area contributed by atoms with Gasteiger partial charge in [0.1, 0.15) is 17.2 Å². The lowest BCUT2D eigenvalue weighted by Crippen LogP contribution is -2.14. The van der Waals surface area contributed by atoms with Crippen LogP contribution < -0.4 is 11.1 Å². The number of nitrogens with zero attached hydrogens (tertiary/aromatic N) is 5. The molecule has 1 aromatic carbocycles. The number of nitrogens with two attached hydrogens (primary N) is 1. The van der Waals surface area contributed by atoms with E-state index in [1.54, 1.807) is 58.2 Å². The Balaban J connectivity index is 1.49. The number of aryl methyl sites for hydroxylation is 2. The molecule has 0 saturated carbocycles. The molecule has 0 unspecified atom stereocenters. The third-order valence-electron chi connectivity index (χ3n) is 5.85. The van der Waals surface area contributed by atoms with Crippen LogP contribution in [0.5, 0.6) is 0 Å². The van der Waals surface area contributed by atoms with Crippen LogP contribution in [0.25, 0.3) is 28.0 Å². The summed E-state index contributed by atoms with van der Waals surface area (Å²) in [5, 5.41) is 12.2. The fourth-order valence-electron chi connectivity index (χ4n) is 4.10. The van der Waals surface area contributed by atoms with Crippen LogP contribution in [0.15, 0.2) is 59.3 Å². The zero-order valence-corrected chi connectivity index (χ0v) is 20.3. The zero-order chi connectivity index (χ0) is 25.6. The number of pyridine rings is 1. The van der Waals surface area contributed by atoms with Crippen molar-refractivity contribution in [2.45, 2.75) is 33.7 Å². The van der Waals surface area contributed by atoms with Crippen molar-refractivity contribution in [2.75, 3.05) is 5.32 Å². The van der Waals surface area contributed by atoms with Crippen LogP contribution in [0.4, 0.5) is 5.69 Å². The van der Waals surface area contributed by atoms with Crippen molar-refractivity contribution in [1.82, 2.24) is 24.5 Å². The minimum absolute atomic E-state index is 0.0678. The van der Waals surface area contributed by atoms with Gasteiger partial charge in [0, 0.05) is 23.5 Å². The number of benzene rings is 1. The second kappa shape index (κ2) is 8.81. The number of hydrogen-bond acceptors (Lipinski definition) is 6. The third-order valence-corrected chi connectivity index (χ3v) is 5.85. The molecular formula is C26H25N7O3. The molecule has 5 aromatic rings. The van der Waals surface area contributed by atoms with E-state index in [-0.39, 0.29) is 17.6 Å². The summed E-state index contributed by atoms with van der Waals surface area (Å²) < 4.78 is 9.05. The lowest BCUT2D eigenvalue weighted by molar-refractivity contribution is 0.0993. The summed E-state index contributed by atoms with van der Waals surface area (Å²) in [5.41, 5.74) is 9.34. The lowest BCUT2D eigenvalue weighted by Gasteiger charge is -2.11. The summed E-state index contributed by atoms with van der Waals surface area (Å²) in [5.74, 6) is 0.623. The van der Waals surface area contributed by atoms with Gasteiger partial charge in [-0.25, -0.2) is 14.3 Å². The predicted molar refractivity (Wildman–Crippen MR) is 135 cm³/mol. The second-order valence-corrected chi connectivity index (χ2v) is 8.81.